The van der Waals surface area contributed by atoms with Crippen molar-refractivity contribution in [2.45, 2.75) is 64.5 Å². The van der Waals surface area contributed by atoms with Crippen LogP contribution in [0.4, 0.5) is 0 Å². The molecule has 7 heteroatoms. The van der Waals surface area contributed by atoms with E-state index in [2.05, 4.69) is 10.5 Å². The highest BCUT2D eigenvalue weighted by Crippen LogP contribution is 2.37. The maximum Gasteiger partial charge on any atom is 0.276 e. The lowest BCUT2D eigenvalue weighted by Gasteiger charge is -2.23. The van der Waals surface area contributed by atoms with E-state index in [-0.39, 0.29) is 23.9 Å². The van der Waals surface area contributed by atoms with Crippen LogP contribution >= 0.6 is 11.3 Å². The third-order valence-electron chi connectivity index (χ3n) is 5.27. The molecular formula is C20H25N3O3S. The second-order valence-corrected chi connectivity index (χ2v) is 8.74. The Morgan fingerprint density at radius 1 is 1.26 bits per heavy atom. The van der Waals surface area contributed by atoms with Crippen molar-refractivity contribution >= 4 is 23.2 Å². The smallest absolute Gasteiger partial charge is 0.276 e. The Bertz CT molecular complexity index is 855. The van der Waals surface area contributed by atoms with Gasteiger partial charge in [0.2, 0.25) is 0 Å². The summed E-state index contributed by atoms with van der Waals surface area (Å²) in [5.41, 5.74) is 1.49. The van der Waals surface area contributed by atoms with E-state index in [9.17, 15) is 9.59 Å². The monoisotopic (exact) mass is 387 g/mol. The molecule has 2 aliphatic rings. The Morgan fingerprint density at radius 2 is 2.07 bits per heavy atom. The quantitative estimate of drug-likeness (QED) is 0.867. The van der Waals surface area contributed by atoms with Crippen LogP contribution in [0.3, 0.4) is 0 Å². The van der Waals surface area contributed by atoms with Crippen molar-refractivity contribution in [1.29, 1.82) is 0 Å². The molecule has 2 aromatic rings. The summed E-state index contributed by atoms with van der Waals surface area (Å²) in [4.78, 5) is 29.1. The van der Waals surface area contributed by atoms with Crippen LogP contribution in [0.1, 0.15) is 81.9 Å². The molecule has 0 saturated carbocycles. The fraction of sp³-hybridized carbons (Fsp3) is 0.550. The first-order valence-corrected chi connectivity index (χ1v) is 10.5. The molecule has 27 heavy (non-hydrogen) atoms. The molecule has 1 N–H and O–H groups in total. The Labute approximate surface area is 162 Å². The van der Waals surface area contributed by atoms with E-state index in [1.54, 1.807) is 0 Å². The van der Waals surface area contributed by atoms with Gasteiger partial charge in [-0.05, 0) is 58.1 Å². The molecule has 0 radical (unpaired) electrons. The van der Waals surface area contributed by atoms with Gasteiger partial charge in [0.25, 0.3) is 11.8 Å². The molecule has 2 aromatic heterocycles. The first-order chi connectivity index (χ1) is 13.0. The molecule has 1 fully saturated rings. The number of likely N-dealkylation sites (tertiary alicyclic amines) is 1. The van der Waals surface area contributed by atoms with E-state index >= 15 is 0 Å². The number of aryl methyl sites for hydroxylation is 1. The summed E-state index contributed by atoms with van der Waals surface area (Å²) in [5.74, 6) is 0.790. The molecule has 0 spiro atoms. The van der Waals surface area contributed by atoms with Crippen LogP contribution in [0, 0.1) is 0 Å². The standard InChI is InChI=1S/C20H25N3O3S/c1-12(2)21-19(24)17-10-9-16(27-17)14-7-5-11-23(14)20(25)18-13-6-3-4-8-15(13)26-22-18/h9-10,12,14H,3-8,11H2,1-2H3,(H,21,24)/t14-/m1/s1. The van der Waals surface area contributed by atoms with Gasteiger partial charge in [0, 0.05) is 29.4 Å². The van der Waals surface area contributed by atoms with Gasteiger partial charge in [-0.3, -0.25) is 9.59 Å². The molecule has 1 aliphatic heterocycles. The minimum absolute atomic E-state index is 0.0130. The minimum atomic E-state index is -0.0531. The average molecular weight is 388 g/mol. The Kier molecular flexibility index (Phi) is 5.04. The molecule has 4 rings (SSSR count). The zero-order valence-corrected chi connectivity index (χ0v) is 16.6. The molecule has 0 aromatic carbocycles. The number of thiophene rings is 1. The summed E-state index contributed by atoms with van der Waals surface area (Å²) in [5, 5.41) is 7.03. The molecule has 1 saturated heterocycles. The first-order valence-electron chi connectivity index (χ1n) is 9.73. The van der Waals surface area contributed by atoms with E-state index < -0.39 is 0 Å². The number of rotatable bonds is 4. The third-order valence-corrected chi connectivity index (χ3v) is 6.45. The highest BCUT2D eigenvalue weighted by molar-refractivity contribution is 7.14. The Hall–Kier alpha value is -2.15. The predicted octanol–water partition coefficient (Wildman–Crippen LogP) is 3.73. The Morgan fingerprint density at radius 3 is 2.89 bits per heavy atom. The third kappa shape index (κ3) is 3.52. The molecule has 1 atom stereocenters. The summed E-state index contributed by atoms with van der Waals surface area (Å²) in [6.45, 7) is 4.61. The van der Waals surface area contributed by atoms with Gasteiger partial charge in [-0.15, -0.1) is 11.3 Å². The van der Waals surface area contributed by atoms with Crippen molar-refractivity contribution < 1.29 is 14.1 Å². The zero-order chi connectivity index (χ0) is 19.0. The van der Waals surface area contributed by atoms with Crippen LogP contribution in [-0.2, 0) is 12.8 Å². The summed E-state index contributed by atoms with van der Waals surface area (Å²) in [7, 11) is 0. The summed E-state index contributed by atoms with van der Waals surface area (Å²) < 4.78 is 5.43. The van der Waals surface area contributed by atoms with Crippen molar-refractivity contribution in [2.24, 2.45) is 0 Å². The van der Waals surface area contributed by atoms with Crippen molar-refractivity contribution in [3.8, 4) is 0 Å². The predicted molar refractivity (Wildman–Crippen MR) is 103 cm³/mol. The number of carbonyl (C=O) groups is 2. The van der Waals surface area contributed by atoms with E-state index in [0.29, 0.717) is 10.6 Å². The lowest BCUT2D eigenvalue weighted by Crippen LogP contribution is -2.31. The highest BCUT2D eigenvalue weighted by Gasteiger charge is 2.35. The highest BCUT2D eigenvalue weighted by atomic mass is 32.1. The number of nitrogens with zero attached hydrogens (tertiary/aromatic N) is 2. The largest absolute Gasteiger partial charge is 0.360 e. The maximum absolute atomic E-state index is 13.2. The lowest BCUT2D eigenvalue weighted by molar-refractivity contribution is 0.0726. The van der Waals surface area contributed by atoms with E-state index in [1.165, 1.54) is 11.3 Å². The molecule has 2 amide bonds. The fourth-order valence-electron chi connectivity index (χ4n) is 3.98. The molecule has 6 nitrogen and oxygen atoms in total. The van der Waals surface area contributed by atoms with Crippen molar-refractivity contribution in [3.05, 3.63) is 38.9 Å². The minimum Gasteiger partial charge on any atom is -0.360 e. The fourth-order valence-corrected chi connectivity index (χ4v) is 5.04. The second-order valence-electron chi connectivity index (χ2n) is 7.63. The van der Waals surface area contributed by atoms with Gasteiger partial charge in [-0.1, -0.05) is 5.16 Å². The molecule has 0 unspecified atom stereocenters. The number of nitrogens with one attached hydrogen (secondary N) is 1. The first kappa shape index (κ1) is 18.2. The van der Waals surface area contributed by atoms with E-state index in [1.807, 2.05) is 30.9 Å². The molecule has 3 heterocycles. The van der Waals surface area contributed by atoms with Gasteiger partial charge in [0.1, 0.15) is 5.76 Å². The SMILES string of the molecule is CC(C)NC(=O)c1ccc([C@H]2CCCN2C(=O)c2noc3c2CCCC3)s1. The van der Waals surface area contributed by atoms with Crippen molar-refractivity contribution in [3.63, 3.8) is 0 Å². The zero-order valence-electron chi connectivity index (χ0n) is 15.8. The molecule has 144 valence electrons. The lowest BCUT2D eigenvalue weighted by atomic mass is 9.96. The normalized spacial score (nSPS) is 19.4. The van der Waals surface area contributed by atoms with Crippen LogP contribution in [-0.4, -0.2) is 34.5 Å². The molecular weight excluding hydrogens is 362 g/mol. The van der Waals surface area contributed by atoms with Crippen LogP contribution in [0.15, 0.2) is 16.7 Å². The van der Waals surface area contributed by atoms with Gasteiger partial charge in [-0.25, -0.2) is 0 Å². The van der Waals surface area contributed by atoms with E-state index in [0.717, 1.165) is 61.3 Å². The van der Waals surface area contributed by atoms with Gasteiger partial charge >= 0.3 is 0 Å². The van der Waals surface area contributed by atoms with E-state index in [4.69, 9.17) is 4.52 Å². The van der Waals surface area contributed by atoms with Gasteiger partial charge < -0.3 is 14.7 Å². The van der Waals surface area contributed by atoms with Crippen molar-refractivity contribution in [2.75, 3.05) is 6.54 Å². The van der Waals surface area contributed by atoms with Gasteiger partial charge in [-0.2, -0.15) is 0 Å². The molecule has 1 aliphatic carbocycles. The van der Waals surface area contributed by atoms with Crippen LogP contribution < -0.4 is 5.32 Å². The van der Waals surface area contributed by atoms with Crippen molar-refractivity contribution in [1.82, 2.24) is 15.4 Å². The number of hydrogen-bond donors (Lipinski definition) is 1. The second kappa shape index (κ2) is 7.46. The molecule has 0 bridgehead atoms. The topological polar surface area (TPSA) is 75.4 Å². The van der Waals surface area contributed by atoms with Gasteiger partial charge in [0.05, 0.1) is 10.9 Å². The number of aromatic nitrogens is 1. The summed E-state index contributed by atoms with van der Waals surface area (Å²) in [6, 6.07) is 3.95. The number of amides is 2. The van der Waals surface area contributed by atoms with Gasteiger partial charge in [0.15, 0.2) is 5.69 Å². The van der Waals surface area contributed by atoms with Crippen LogP contribution in [0.2, 0.25) is 0 Å². The maximum atomic E-state index is 13.2. The van der Waals surface area contributed by atoms with Crippen LogP contribution in [0.5, 0.6) is 0 Å². The summed E-state index contributed by atoms with van der Waals surface area (Å²) >= 11 is 1.48. The number of fused-ring (bicyclic) bond motifs is 1. The number of hydrogen-bond acceptors (Lipinski definition) is 5. The Balaban J connectivity index is 1.54. The van der Waals surface area contributed by atoms with Crippen LogP contribution in [0.25, 0.3) is 0 Å². The number of carbonyl (C=O) groups excluding carboxylic acids is 2. The summed E-state index contributed by atoms with van der Waals surface area (Å²) in [6.07, 6.45) is 5.80. The average Bonchev–Trinajstić information content (AvgIpc) is 3.38.